The molecule has 19 heteroatoms. The monoisotopic (exact) mass is 749 g/mol. The molecule has 1 unspecified atom stereocenters. The van der Waals surface area contributed by atoms with Gasteiger partial charge in [-0.05, 0) is 48.0 Å². The van der Waals surface area contributed by atoms with Gasteiger partial charge in [0.2, 0.25) is 11.8 Å². The van der Waals surface area contributed by atoms with Crippen LogP contribution in [0.15, 0.2) is 0 Å². The number of carboxylic acids is 2. The molecular formula is C33H59N5O14. The van der Waals surface area contributed by atoms with E-state index < -0.39 is 65.0 Å². The van der Waals surface area contributed by atoms with Gasteiger partial charge >= 0.3 is 23.9 Å². The van der Waals surface area contributed by atoms with Crippen molar-refractivity contribution in [3.8, 4) is 0 Å². The number of rotatable bonds is 13. The Morgan fingerprint density at radius 2 is 1.12 bits per heavy atom. The highest BCUT2D eigenvalue weighted by molar-refractivity contribution is 5.90. The number of ether oxygens (including phenoxy) is 6. The van der Waals surface area contributed by atoms with Crippen LogP contribution in [-0.4, -0.2) is 171 Å². The molecule has 1 heterocycles. The summed E-state index contributed by atoms with van der Waals surface area (Å²) in [6.45, 7) is 13.0. The molecule has 0 saturated carbocycles. The zero-order valence-electron chi connectivity index (χ0n) is 31.4. The average molecular weight is 750 g/mol. The Morgan fingerprint density at radius 1 is 0.692 bits per heavy atom. The molecule has 52 heavy (non-hydrogen) atoms. The van der Waals surface area contributed by atoms with Gasteiger partial charge in [0.25, 0.3) is 0 Å². The fourth-order valence-corrected chi connectivity index (χ4v) is 4.58. The predicted molar refractivity (Wildman–Crippen MR) is 184 cm³/mol. The van der Waals surface area contributed by atoms with E-state index in [2.05, 4.69) is 10.6 Å². The van der Waals surface area contributed by atoms with E-state index in [9.17, 15) is 33.9 Å². The van der Waals surface area contributed by atoms with Crippen molar-refractivity contribution < 1.29 is 67.4 Å². The van der Waals surface area contributed by atoms with Gasteiger partial charge in [0.1, 0.15) is 17.2 Å². The number of hydrogen-bond donors (Lipinski definition) is 5. The molecule has 0 aromatic carbocycles. The van der Waals surface area contributed by atoms with Crippen molar-refractivity contribution in [1.29, 1.82) is 0 Å². The second-order valence-electron chi connectivity index (χ2n) is 14.2. The van der Waals surface area contributed by atoms with E-state index in [1.165, 1.54) is 0 Å². The van der Waals surface area contributed by atoms with Crippen LogP contribution >= 0.6 is 0 Å². The van der Waals surface area contributed by atoms with E-state index in [0.717, 1.165) is 0 Å². The molecule has 1 aliphatic heterocycles. The Balaban J connectivity index is 2.74. The van der Waals surface area contributed by atoms with Crippen LogP contribution in [0.1, 0.15) is 60.8 Å². The summed E-state index contributed by atoms with van der Waals surface area (Å²) in [4.78, 5) is 77.0. The zero-order chi connectivity index (χ0) is 39.4. The largest absolute Gasteiger partial charge is 0.481 e. The van der Waals surface area contributed by atoms with Gasteiger partial charge in [-0.3, -0.25) is 34.7 Å². The molecule has 2 amide bonds. The van der Waals surface area contributed by atoms with E-state index in [-0.39, 0.29) is 91.9 Å². The predicted octanol–water partition coefficient (Wildman–Crippen LogP) is -1.05. The molecular weight excluding hydrogens is 690 g/mol. The van der Waals surface area contributed by atoms with Crippen LogP contribution in [0.2, 0.25) is 0 Å². The van der Waals surface area contributed by atoms with Crippen molar-refractivity contribution in [2.45, 2.75) is 83.7 Å². The molecule has 1 rings (SSSR count). The summed E-state index contributed by atoms with van der Waals surface area (Å²) in [7, 11) is 0. The van der Waals surface area contributed by atoms with Gasteiger partial charge in [0, 0.05) is 32.6 Å². The molecule has 0 aromatic heterocycles. The number of esters is 2. The summed E-state index contributed by atoms with van der Waals surface area (Å²) < 4.78 is 33.5. The van der Waals surface area contributed by atoms with Gasteiger partial charge < -0.3 is 49.3 Å². The van der Waals surface area contributed by atoms with Crippen LogP contribution in [0.5, 0.6) is 0 Å². The normalized spacial score (nSPS) is 18.8. The molecule has 1 saturated heterocycles. The molecule has 300 valence electrons. The van der Waals surface area contributed by atoms with Gasteiger partial charge in [0.15, 0.2) is 5.66 Å². The van der Waals surface area contributed by atoms with Crippen molar-refractivity contribution in [1.82, 2.24) is 20.4 Å². The highest BCUT2D eigenvalue weighted by Gasteiger charge is 2.38. The topological polar surface area (TPSA) is 255 Å². The summed E-state index contributed by atoms with van der Waals surface area (Å²) in [6, 6.07) is -1.07. The fraction of sp³-hybridized carbons (Fsp3) is 0.818. The third kappa shape index (κ3) is 22.5. The van der Waals surface area contributed by atoms with Gasteiger partial charge in [-0.2, -0.15) is 0 Å². The number of carbonyl (C=O) groups excluding carboxylic acids is 4. The fourth-order valence-electron chi connectivity index (χ4n) is 4.58. The van der Waals surface area contributed by atoms with Crippen LogP contribution in [0.4, 0.5) is 0 Å². The quantitative estimate of drug-likeness (QED) is 0.111. The summed E-state index contributed by atoms with van der Waals surface area (Å²) in [5.41, 5.74) is 1.66. The van der Waals surface area contributed by atoms with Crippen LogP contribution in [-0.2, 0) is 57.2 Å². The number of hydrogen-bond acceptors (Lipinski definition) is 15. The summed E-state index contributed by atoms with van der Waals surface area (Å²) in [6.07, 6.45) is -1.10. The Kier molecular flexibility index (Phi) is 20.8. The lowest BCUT2D eigenvalue weighted by Gasteiger charge is -2.27. The molecule has 6 N–H and O–H groups in total. The van der Waals surface area contributed by atoms with Gasteiger partial charge in [-0.15, -0.1) is 0 Å². The maximum Gasteiger partial charge on any atom is 0.345 e. The number of nitrogens with two attached hydrogens (primary N) is 1. The van der Waals surface area contributed by atoms with Crippen LogP contribution in [0.25, 0.3) is 0 Å². The smallest absolute Gasteiger partial charge is 0.345 e. The van der Waals surface area contributed by atoms with E-state index >= 15 is 0 Å². The van der Waals surface area contributed by atoms with Crippen molar-refractivity contribution in [2.75, 3.05) is 92.1 Å². The number of aliphatic carboxylic acids is 2. The minimum atomic E-state index is -2.47. The highest BCUT2D eigenvalue weighted by atomic mass is 16.6. The third-order valence-corrected chi connectivity index (χ3v) is 6.94. The van der Waals surface area contributed by atoms with Crippen LogP contribution in [0.3, 0.4) is 0 Å². The molecule has 0 aliphatic carbocycles. The molecule has 0 spiro atoms. The Hall–Kier alpha value is -3.46. The molecule has 0 radical (unpaired) electrons. The van der Waals surface area contributed by atoms with Gasteiger partial charge in [-0.25, -0.2) is 9.59 Å². The second-order valence-corrected chi connectivity index (χ2v) is 14.2. The Bertz CT molecular complexity index is 1140. The molecule has 2 atom stereocenters. The minimum absolute atomic E-state index is 0.00133. The first-order chi connectivity index (χ1) is 24.2. The van der Waals surface area contributed by atoms with Crippen LogP contribution in [0, 0.1) is 0 Å². The van der Waals surface area contributed by atoms with E-state index in [1.54, 1.807) is 51.3 Å². The molecule has 19 nitrogen and oxygen atoms in total. The number of nitrogens with zero attached hydrogens (tertiary/aromatic N) is 2. The van der Waals surface area contributed by atoms with E-state index in [4.69, 9.17) is 39.3 Å². The number of amides is 2. The standard InChI is InChI=1S/C33H59N5O14/c1-31(2,3)51-28(43)8-7-24(29(44)52-32(4,5)6)35-25(39)22-37-9-13-47-17-19-49-15-11-38(12-16-50-20-18-48-14-10-37)23-26(40)36-33(34,30(45)46)21-27(41)42/h24H,7-23,34H2,1-6H3,(H,35,39)(H,36,40)(H,41,42)(H,45,46)/t24?,33-/m1/s1. The van der Waals surface area contributed by atoms with Crippen LogP contribution < -0.4 is 16.4 Å². The number of carbonyl (C=O) groups is 6. The van der Waals surface area contributed by atoms with Crippen molar-refractivity contribution in [3.63, 3.8) is 0 Å². The Morgan fingerprint density at radius 3 is 1.50 bits per heavy atom. The van der Waals surface area contributed by atoms with Gasteiger partial charge in [0.05, 0.1) is 72.4 Å². The van der Waals surface area contributed by atoms with E-state index in [1.807, 2.05) is 0 Å². The maximum atomic E-state index is 13.1. The van der Waals surface area contributed by atoms with Crippen molar-refractivity contribution >= 4 is 35.7 Å². The summed E-state index contributed by atoms with van der Waals surface area (Å²) >= 11 is 0. The first-order valence-electron chi connectivity index (χ1n) is 17.2. The second kappa shape index (κ2) is 23.3. The lowest BCUT2D eigenvalue weighted by atomic mass is 10.1. The first-order valence-corrected chi connectivity index (χ1v) is 17.2. The first kappa shape index (κ1) is 46.6. The minimum Gasteiger partial charge on any atom is -0.481 e. The van der Waals surface area contributed by atoms with Gasteiger partial charge in [-0.1, -0.05) is 0 Å². The molecule has 0 bridgehead atoms. The maximum absolute atomic E-state index is 13.1. The number of carboxylic acid groups (broad SMARTS) is 2. The highest BCUT2D eigenvalue weighted by Crippen LogP contribution is 2.14. The summed E-state index contributed by atoms with van der Waals surface area (Å²) in [5, 5.41) is 23.1. The van der Waals surface area contributed by atoms with Crippen molar-refractivity contribution in [2.24, 2.45) is 5.73 Å². The van der Waals surface area contributed by atoms with Crippen molar-refractivity contribution in [3.05, 3.63) is 0 Å². The molecule has 0 aromatic rings. The van der Waals surface area contributed by atoms with E-state index in [0.29, 0.717) is 13.1 Å². The SMILES string of the molecule is CC(C)(C)OC(=O)CCC(NC(=O)CN1CCOCCOCCN(CC(=O)N[C@](N)(CC(=O)O)C(=O)O)CCOCCOCC1)C(=O)OC(C)(C)C. The molecule has 1 fully saturated rings. The summed E-state index contributed by atoms with van der Waals surface area (Å²) in [5.74, 6) is -5.55. The third-order valence-electron chi connectivity index (χ3n) is 6.94. The Labute approximate surface area is 305 Å². The zero-order valence-corrected chi connectivity index (χ0v) is 31.4. The average Bonchev–Trinajstić information content (AvgIpc) is 2.98. The lowest BCUT2D eigenvalue weighted by molar-refractivity contribution is -0.160. The molecule has 1 aliphatic rings. The lowest BCUT2D eigenvalue weighted by Crippen LogP contribution is -2.63. The number of nitrogens with one attached hydrogen (secondary N) is 2.